The summed E-state index contributed by atoms with van der Waals surface area (Å²) in [5, 5.41) is 8.26. The van der Waals surface area contributed by atoms with Gasteiger partial charge in [-0.05, 0) is 0 Å². The van der Waals surface area contributed by atoms with Crippen LogP contribution < -0.4 is 17.8 Å². The molecule has 0 fully saturated rings. The van der Waals surface area contributed by atoms with Gasteiger partial charge in [-0.25, -0.2) is 0 Å². The van der Waals surface area contributed by atoms with E-state index in [0.717, 1.165) is 0 Å². The molecule has 6 aromatic carbocycles. The molecule has 6 rings (SSSR count). The molecule has 0 aliphatic heterocycles. The minimum absolute atomic E-state index is 0.119. The quantitative estimate of drug-likeness (QED) is 0.119. The van der Waals surface area contributed by atoms with Crippen molar-refractivity contribution in [2.75, 3.05) is 10.6 Å². The molecule has 0 aromatic heterocycles. The second kappa shape index (κ2) is 16.9. The predicted octanol–water partition coefficient (Wildman–Crippen LogP) is 9.92. The van der Waals surface area contributed by atoms with Gasteiger partial charge in [0.05, 0.1) is 0 Å². The van der Waals surface area contributed by atoms with Gasteiger partial charge in [-0.3, -0.25) is 0 Å². The minimum atomic E-state index is -5.10. The molecule has 0 saturated heterocycles. The molecule has 0 saturated carbocycles. The molecule has 0 amide bonds. The van der Waals surface area contributed by atoms with Crippen molar-refractivity contribution in [1.82, 2.24) is 0 Å². The van der Waals surface area contributed by atoms with E-state index in [-0.39, 0.29) is 12.8 Å². The van der Waals surface area contributed by atoms with E-state index < -0.39 is 31.1 Å². The molecule has 0 aliphatic rings. The summed E-state index contributed by atoms with van der Waals surface area (Å²) in [6.07, 6.45) is -0.237. The first-order valence-corrected chi connectivity index (χ1v) is 22.6. The van der Waals surface area contributed by atoms with Gasteiger partial charge in [0.1, 0.15) is 0 Å². The Kier molecular flexibility index (Phi) is 12.1. The van der Waals surface area contributed by atoms with Crippen LogP contribution in [-0.2, 0) is 28.6 Å². The number of para-hydroxylation sites is 4. The third-order valence-electron chi connectivity index (χ3n) is 7.97. The first kappa shape index (κ1) is 36.6. The van der Waals surface area contributed by atoms with Crippen molar-refractivity contribution in [3.8, 4) is 0 Å². The maximum atomic E-state index is 14.1. The molecule has 11 heteroatoms. The number of carbonyl (C=O) groups excluding carboxylic acids is 2. The van der Waals surface area contributed by atoms with Crippen molar-refractivity contribution in [2.45, 2.75) is 12.8 Å². The monoisotopic (exact) mass is 862 g/mol. The maximum absolute atomic E-state index is 14.1. The molecule has 6 aromatic rings. The van der Waals surface area contributed by atoms with Crippen LogP contribution in [0, 0.1) is 0 Å². The molecular weight excluding hydrogens is 833 g/mol. The fraction of sp³-hybridized carbons (Fsp3) is 0.0500. The van der Waals surface area contributed by atoms with E-state index in [9.17, 15) is 9.59 Å². The van der Waals surface area contributed by atoms with E-state index in [2.05, 4.69) is 10.6 Å². The van der Waals surface area contributed by atoms with Crippen molar-refractivity contribution in [1.29, 1.82) is 0 Å². The molecule has 51 heavy (non-hydrogen) atoms. The molecule has 0 radical (unpaired) electrons. The zero-order valence-electron chi connectivity index (χ0n) is 26.9. The number of rotatable bonds is 12. The van der Waals surface area contributed by atoms with Crippen LogP contribution in [0.5, 0.6) is 0 Å². The first-order valence-electron chi connectivity index (χ1n) is 15.9. The van der Waals surface area contributed by atoms with Crippen LogP contribution in [0.25, 0.3) is 0 Å². The number of nitrogens with one attached hydrogen (secondary N) is 2. The molecule has 0 unspecified atom stereocenters. The third-order valence-corrected chi connectivity index (χ3v) is 18.4. The van der Waals surface area contributed by atoms with Crippen molar-refractivity contribution < 1.29 is 15.7 Å². The molecule has 6 nitrogen and oxygen atoms in total. The van der Waals surface area contributed by atoms with Crippen LogP contribution >= 0.6 is 46.4 Å². The topological polar surface area (TPSA) is 76.7 Å². The van der Waals surface area contributed by atoms with Crippen LogP contribution in [0.2, 0.25) is 20.1 Å². The molecular formula is C40H30Cl4N2O4Sn. The van der Waals surface area contributed by atoms with Crippen LogP contribution in [0.3, 0.4) is 0 Å². The fourth-order valence-electron chi connectivity index (χ4n) is 5.54. The van der Waals surface area contributed by atoms with Crippen molar-refractivity contribution in [2.24, 2.45) is 0 Å². The van der Waals surface area contributed by atoms with Gasteiger partial charge < -0.3 is 0 Å². The number of hydrogen-bond acceptors (Lipinski definition) is 6. The van der Waals surface area contributed by atoms with Gasteiger partial charge in [0.2, 0.25) is 0 Å². The normalized spacial score (nSPS) is 11.1. The Morgan fingerprint density at radius 2 is 0.784 bits per heavy atom. The predicted molar refractivity (Wildman–Crippen MR) is 210 cm³/mol. The molecule has 0 bridgehead atoms. The molecule has 0 spiro atoms. The fourth-order valence-corrected chi connectivity index (χ4v) is 14.8. The summed E-state index contributed by atoms with van der Waals surface area (Å²) in [5.74, 6) is -1.11. The number of benzene rings is 6. The Morgan fingerprint density at radius 3 is 1.16 bits per heavy atom. The Bertz CT molecular complexity index is 1980. The van der Waals surface area contributed by atoms with Crippen molar-refractivity contribution in [3.63, 3.8) is 0 Å². The number of hydrogen-bond donors (Lipinski definition) is 2. The Balaban J connectivity index is 1.32. The van der Waals surface area contributed by atoms with E-state index in [0.29, 0.717) is 61.1 Å². The second-order valence-electron chi connectivity index (χ2n) is 11.4. The van der Waals surface area contributed by atoms with Gasteiger partial charge in [-0.1, -0.05) is 0 Å². The van der Waals surface area contributed by atoms with Gasteiger partial charge in [-0.2, -0.15) is 0 Å². The van der Waals surface area contributed by atoms with Gasteiger partial charge >= 0.3 is 323 Å². The van der Waals surface area contributed by atoms with Crippen LogP contribution in [0.15, 0.2) is 146 Å². The third kappa shape index (κ3) is 8.83. The Hall–Kier alpha value is -4.18. The van der Waals surface area contributed by atoms with Crippen LogP contribution in [0.4, 0.5) is 22.7 Å². The van der Waals surface area contributed by atoms with Crippen molar-refractivity contribution >= 4 is 107 Å². The first-order chi connectivity index (χ1) is 24.7. The van der Waals surface area contributed by atoms with Crippen LogP contribution in [-0.4, -0.2) is 31.1 Å². The van der Waals surface area contributed by atoms with Gasteiger partial charge in [0.25, 0.3) is 0 Å². The van der Waals surface area contributed by atoms with Gasteiger partial charge in [-0.15, -0.1) is 0 Å². The summed E-state index contributed by atoms with van der Waals surface area (Å²) in [5.41, 5.74) is 3.58. The number of anilines is 4. The molecule has 256 valence electrons. The second-order valence-corrected chi connectivity index (χ2v) is 21.0. The van der Waals surface area contributed by atoms with E-state index in [4.69, 9.17) is 52.6 Å². The van der Waals surface area contributed by atoms with Crippen LogP contribution in [0.1, 0.15) is 11.1 Å². The summed E-state index contributed by atoms with van der Waals surface area (Å²) >= 11 is 20.6. The average molecular weight is 863 g/mol. The van der Waals surface area contributed by atoms with E-state index in [1.54, 1.807) is 36.4 Å². The summed E-state index contributed by atoms with van der Waals surface area (Å²) in [6.45, 7) is 0. The molecule has 0 aliphatic carbocycles. The van der Waals surface area contributed by atoms with Gasteiger partial charge in [0.15, 0.2) is 0 Å². The molecule has 2 N–H and O–H groups in total. The summed E-state index contributed by atoms with van der Waals surface area (Å²) in [7, 11) is 0. The van der Waals surface area contributed by atoms with E-state index in [1.165, 1.54) is 0 Å². The zero-order valence-corrected chi connectivity index (χ0v) is 32.8. The summed E-state index contributed by atoms with van der Waals surface area (Å²) < 4.78 is 14.4. The molecule has 0 atom stereocenters. The standard InChI is InChI=1S/2C14H11Cl2NO2.2C6H5.Sn/c2*15-10-5-3-6-11(16)14(10)17-12-7-2-1-4-9(12)8-13(18)19;2*1-2-4-6-5-3-1;/h2*1-7,17H,8H2,(H,18,19);2*1-5H;/q;;;;+2/p-2. The Labute approximate surface area is 321 Å². The summed E-state index contributed by atoms with van der Waals surface area (Å²) in [6, 6.07) is 43.5. The van der Waals surface area contributed by atoms with Crippen molar-refractivity contribution in [3.05, 3.63) is 177 Å². The van der Waals surface area contributed by atoms with Gasteiger partial charge in [0, 0.05) is 0 Å². The van der Waals surface area contributed by atoms with E-state index >= 15 is 0 Å². The SMILES string of the molecule is O=C(Cc1ccccc1Nc1c(Cl)cccc1Cl)[O][Sn]([O]C(=O)Cc1ccccc1Nc1c(Cl)cccc1Cl)([c]1ccccc1)[c]1ccccc1. The number of halogens is 4. The Morgan fingerprint density at radius 1 is 0.451 bits per heavy atom. The average Bonchev–Trinajstić information content (AvgIpc) is 3.13. The zero-order chi connectivity index (χ0) is 35.8. The number of carbonyl (C=O) groups is 2. The molecule has 0 heterocycles. The van der Waals surface area contributed by atoms with E-state index in [1.807, 2.05) is 109 Å². The summed E-state index contributed by atoms with van der Waals surface area (Å²) in [4.78, 5) is 28.2.